The summed E-state index contributed by atoms with van der Waals surface area (Å²) in [6, 6.07) is 6.73. The molecule has 0 fully saturated rings. The molecule has 0 aliphatic heterocycles. The molecule has 0 bridgehead atoms. The Hall–Kier alpha value is -2.04. The zero-order valence-corrected chi connectivity index (χ0v) is 11.5. The van der Waals surface area contributed by atoms with Gasteiger partial charge in [-0.05, 0) is 37.1 Å². The SMILES string of the molecule is CCOc1ccc(C(=O)NNC(=O)CC(C)C)cc1. The molecule has 0 saturated heterocycles. The van der Waals surface area contributed by atoms with Crippen LogP contribution in [-0.4, -0.2) is 18.4 Å². The van der Waals surface area contributed by atoms with E-state index < -0.39 is 0 Å². The van der Waals surface area contributed by atoms with Crippen molar-refractivity contribution < 1.29 is 14.3 Å². The lowest BCUT2D eigenvalue weighted by molar-refractivity contribution is -0.122. The molecule has 0 radical (unpaired) electrons. The van der Waals surface area contributed by atoms with Gasteiger partial charge in [0.25, 0.3) is 5.91 Å². The van der Waals surface area contributed by atoms with Gasteiger partial charge in [-0.3, -0.25) is 20.4 Å². The van der Waals surface area contributed by atoms with Crippen molar-refractivity contribution in [2.24, 2.45) is 5.92 Å². The number of hydrogen-bond donors (Lipinski definition) is 2. The molecule has 0 spiro atoms. The van der Waals surface area contributed by atoms with E-state index >= 15 is 0 Å². The fourth-order valence-electron chi connectivity index (χ4n) is 1.49. The molecular weight excluding hydrogens is 244 g/mol. The molecule has 5 heteroatoms. The van der Waals surface area contributed by atoms with E-state index in [4.69, 9.17) is 4.74 Å². The Bertz CT molecular complexity index is 427. The van der Waals surface area contributed by atoms with Crippen LogP contribution in [0.3, 0.4) is 0 Å². The molecule has 0 aliphatic carbocycles. The number of hydrogen-bond acceptors (Lipinski definition) is 3. The van der Waals surface area contributed by atoms with Crippen molar-refractivity contribution in [2.75, 3.05) is 6.61 Å². The summed E-state index contributed by atoms with van der Waals surface area (Å²) in [7, 11) is 0. The van der Waals surface area contributed by atoms with Gasteiger partial charge in [-0.25, -0.2) is 0 Å². The maximum Gasteiger partial charge on any atom is 0.269 e. The van der Waals surface area contributed by atoms with E-state index in [-0.39, 0.29) is 17.7 Å². The summed E-state index contributed by atoms with van der Waals surface area (Å²) in [5, 5.41) is 0. The zero-order valence-electron chi connectivity index (χ0n) is 11.5. The predicted molar refractivity (Wildman–Crippen MR) is 72.7 cm³/mol. The Morgan fingerprint density at radius 3 is 2.32 bits per heavy atom. The third-order valence-electron chi connectivity index (χ3n) is 2.34. The fraction of sp³-hybridized carbons (Fsp3) is 0.429. The minimum atomic E-state index is -0.347. The third-order valence-corrected chi connectivity index (χ3v) is 2.34. The number of hydrazine groups is 1. The van der Waals surface area contributed by atoms with Gasteiger partial charge in [0.1, 0.15) is 5.75 Å². The monoisotopic (exact) mass is 264 g/mol. The first-order valence-corrected chi connectivity index (χ1v) is 6.35. The first kappa shape index (κ1) is 15.0. The van der Waals surface area contributed by atoms with Crippen molar-refractivity contribution in [1.29, 1.82) is 0 Å². The first-order chi connectivity index (χ1) is 9.02. The van der Waals surface area contributed by atoms with Crippen LogP contribution < -0.4 is 15.6 Å². The smallest absolute Gasteiger partial charge is 0.269 e. The summed E-state index contributed by atoms with van der Waals surface area (Å²) < 4.78 is 5.28. The quantitative estimate of drug-likeness (QED) is 0.798. The van der Waals surface area contributed by atoms with Crippen LogP contribution >= 0.6 is 0 Å². The third kappa shape index (κ3) is 5.42. The summed E-state index contributed by atoms with van der Waals surface area (Å²) in [4.78, 5) is 23.1. The molecule has 0 unspecified atom stereocenters. The van der Waals surface area contributed by atoms with Crippen LogP contribution in [0.2, 0.25) is 0 Å². The molecule has 2 amide bonds. The molecule has 5 nitrogen and oxygen atoms in total. The van der Waals surface area contributed by atoms with E-state index in [0.29, 0.717) is 24.3 Å². The normalized spacial score (nSPS) is 10.1. The molecule has 0 saturated carbocycles. The minimum absolute atomic E-state index is 0.200. The van der Waals surface area contributed by atoms with Crippen molar-refractivity contribution in [2.45, 2.75) is 27.2 Å². The Balaban J connectivity index is 2.47. The molecule has 1 rings (SSSR count). The molecule has 0 heterocycles. The van der Waals surface area contributed by atoms with Gasteiger partial charge >= 0.3 is 0 Å². The highest BCUT2D eigenvalue weighted by Crippen LogP contribution is 2.11. The second-order valence-electron chi connectivity index (χ2n) is 4.56. The van der Waals surface area contributed by atoms with Crippen LogP contribution in [0.4, 0.5) is 0 Å². The van der Waals surface area contributed by atoms with E-state index in [1.165, 1.54) is 0 Å². The average Bonchev–Trinajstić information content (AvgIpc) is 2.36. The highest BCUT2D eigenvalue weighted by molar-refractivity contribution is 5.95. The lowest BCUT2D eigenvalue weighted by atomic mass is 10.1. The van der Waals surface area contributed by atoms with Gasteiger partial charge in [0.05, 0.1) is 6.61 Å². The number of nitrogens with one attached hydrogen (secondary N) is 2. The number of carbonyl (C=O) groups is 2. The van der Waals surface area contributed by atoms with Crippen LogP contribution in [0.25, 0.3) is 0 Å². The molecule has 0 aromatic heterocycles. The Kier molecular flexibility index (Phi) is 5.85. The largest absolute Gasteiger partial charge is 0.494 e. The lowest BCUT2D eigenvalue weighted by Crippen LogP contribution is -2.41. The van der Waals surface area contributed by atoms with Crippen LogP contribution in [0.5, 0.6) is 5.75 Å². The van der Waals surface area contributed by atoms with Crippen LogP contribution in [0, 0.1) is 5.92 Å². The highest BCUT2D eigenvalue weighted by atomic mass is 16.5. The van der Waals surface area contributed by atoms with Crippen molar-refractivity contribution in [3.05, 3.63) is 29.8 Å². The van der Waals surface area contributed by atoms with E-state index in [2.05, 4.69) is 10.9 Å². The number of benzene rings is 1. The maximum atomic E-state index is 11.7. The van der Waals surface area contributed by atoms with Gasteiger partial charge in [0.15, 0.2) is 0 Å². The minimum Gasteiger partial charge on any atom is -0.494 e. The standard InChI is InChI=1S/C14H20N2O3/c1-4-19-12-7-5-11(6-8-12)14(18)16-15-13(17)9-10(2)3/h5-8,10H,4,9H2,1-3H3,(H,15,17)(H,16,18). The maximum absolute atomic E-state index is 11.7. The molecule has 1 aromatic rings. The van der Waals surface area contributed by atoms with Crippen LogP contribution in [0.1, 0.15) is 37.6 Å². The van der Waals surface area contributed by atoms with Gasteiger partial charge in [-0.2, -0.15) is 0 Å². The second kappa shape index (κ2) is 7.41. The van der Waals surface area contributed by atoms with Crippen molar-refractivity contribution in [1.82, 2.24) is 10.9 Å². The molecular formula is C14H20N2O3. The van der Waals surface area contributed by atoms with Gasteiger partial charge in [-0.15, -0.1) is 0 Å². The van der Waals surface area contributed by atoms with Crippen molar-refractivity contribution in [3.8, 4) is 5.75 Å². The molecule has 1 aromatic carbocycles. The summed E-state index contributed by atoms with van der Waals surface area (Å²) in [6.07, 6.45) is 0.379. The molecule has 2 N–H and O–H groups in total. The van der Waals surface area contributed by atoms with E-state index in [9.17, 15) is 9.59 Å². The lowest BCUT2D eigenvalue weighted by Gasteiger charge is -2.09. The van der Waals surface area contributed by atoms with E-state index in [1.54, 1.807) is 24.3 Å². The summed E-state index contributed by atoms with van der Waals surface area (Å²) >= 11 is 0. The van der Waals surface area contributed by atoms with Crippen molar-refractivity contribution in [3.63, 3.8) is 0 Å². The number of amides is 2. The average molecular weight is 264 g/mol. The molecule has 104 valence electrons. The summed E-state index contributed by atoms with van der Waals surface area (Å²) in [5.41, 5.74) is 5.22. The first-order valence-electron chi connectivity index (χ1n) is 6.35. The van der Waals surface area contributed by atoms with Crippen molar-refractivity contribution >= 4 is 11.8 Å². The van der Waals surface area contributed by atoms with E-state index in [1.807, 2.05) is 20.8 Å². The zero-order chi connectivity index (χ0) is 14.3. The Morgan fingerprint density at radius 1 is 1.16 bits per heavy atom. The number of rotatable bonds is 5. The Morgan fingerprint density at radius 2 is 1.79 bits per heavy atom. The molecule has 0 atom stereocenters. The molecule has 19 heavy (non-hydrogen) atoms. The number of carbonyl (C=O) groups excluding carboxylic acids is 2. The van der Waals surface area contributed by atoms with Gasteiger partial charge < -0.3 is 4.74 Å². The number of ether oxygens (including phenoxy) is 1. The topological polar surface area (TPSA) is 67.4 Å². The van der Waals surface area contributed by atoms with Crippen LogP contribution in [0.15, 0.2) is 24.3 Å². The summed E-state index contributed by atoms with van der Waals surface area (Å²) in [5.74, 6) is 0.416. The fourth-order valence-corrected chi connectivity index (χ4v) is 1.49. The predicted octanol–water partition coefficient (Wildman–Crippen LogP) is 1.89. The van der Waals surface area contributed by atoms with Gasteiger partial charge in [0.2, 0.25) is 5.91 Å². The second-order valence-corrected chi connectivity index (χ2v) is 4.56. The molecule has 0 aliphatic rings. The highest BCUT2D eigenvalue weighted by Gasteiger charge is 2.08. The Labute approximate surface area is 113 Å². The van der Waals surface area contributed by atoms with E-state index in [0.717, 1.165) is 0 Å². The van der Waals surface area contributed by atoms with Gasteiger partial charge in [0, 0.05) is 12.0 Å². The van der Waals surface area contributed by atoms with Crippen LogP contribution in [-0.2, 0) is 4.79 Å². The summed E-state index contributed by atoms with van der Waals surface area (Å²) in [6.45, 7) is 6.35. The van der Waals surface area contributed by atoms with Gasteiger partial charge in [-0.1, -0.05) is 13.8 Å².